The molecule has 0 spiro atoms. The fourth-order valence-corrected chi connectivity index (χ4v) is 1.72. The first kappa shape index (κ1) is 11.4. The van der Waals surface area contributed by atoms with Crippen molar-refractivity contribution in [3.8, 4) is 0 Å². The average Bonchev–Trinajstić information content (AvgIpc) is 2.92. The third-order valence-corrected chi connectivity index (χ3v) is 2.65. The summed E-state index contributed by atoms with van der Waals surface area (Å²) in [6.07, 6.45) is 0. The van der Waals surface area contributed by atoms with E-state index in [1.807, 2.05) is 30.3 Å². The van der Waals surface area contributed by atoms with Crippen molar-refractivity contribution in [2.24, 2.45) is 0 Å². The minimum atomic E-state index is 0.384. The molecule has 0 saturated heterocycles. The molecule has 0 amide bonds. The molecular formula is C12H12N6O. The molecule has 19 heavy (non-hydrogen) atoms. The van der Waals surface area contributed by atoms with Gasteiger partial charge in [0.25, 0.3) is 0 Å². The largest absolute Gasteiger partial charge is 0.370 e. The van der Waals surface area contributed by atoms with Gasteiger partial charge in [0.05, 0.1) is 0 Å². The van der Waals surface area contributed by atoms with Crippen molar-refractivity contribution in [1.29, 1.82) is 0 Å². The fourth-order valence-electron chi connectivity index (χ4n) is 1.72. The van der Waals surface area contributed by atoms with Crippen LogP contribution in [-0.2, 0) is 6.54 Å². The zero-order valence-electron chi connectivity index (χ0n) is 10.3. The molecule has 96 valence electrons. The standard InChI is InChI=1S/C12H12N6O/c1-13-9-10(14-7-8-5-3-2-4-6-8)16-12-11(15-9)17-19-18-12/h2-6H,7H2,1H3,(H,13,15,17)(H,14,16,18). The maximum atomic E-state index is 4.60. The second-order valence-corrected chi connectivity index (χ2v) is 3.92. The summed E-state index contributed by atoms with van der Waals surface area (Å²) in [7, 11) is 1.77. The van der Waals surface area contributed by atoms with E-state index in [1.54, 1.807) is 7.05 Å². The minimum Gasteiger partial charge on any atom is -0.370 e. The van der Waals surface area contributed by atoms with Crippen molar-refractivity contribution in [3.05, 3.63) is 35.9 Å². The summed E-state index contributed by atoms with van der Waals surface area (Å²) < 4.78 is 4.60. The molecule has 2 aromatic heterocycles. The monoisotopic (exact) mass is 256 g/mol. The third kappa shape index (κ3) is 2.30. The highest BCUT2D eigenvalue weighted by molar-refractivity contribution is 5.73. The molecule has 0 radical (unpaired) electrons. The summed E-state index contributed by atoms with van der Waals surface area (Å²) in [5.74, 6) is 1.23. The van der Waals surface area contributed by atoms with Crippen LogP contribution in [0.25, 0.3) is 11.3 Å². The lowest BCUT2D eigenvalue weighted by atomic mass is 10.2. The van der Waals surface area contributed by atoms with E-state index in [-0.39, 0.29) is 0 Å². The van der Waals surface area contributed by atoms with Crippen molar-refractivity contribution >= 4 is 22.9 Å². The lowest BCUT2D eigenvalue weighted by Crippen LogP contribution is -2.06. The van der Waals surface area contributed by atoms with Crippen molar-refractivity contribution in [2.45, 2.75) is 6.54 Å². The van der Waals surface area contributed by atoms with Gasteiger partial charge in [-0.05, 0) is 15.9 Å². The van der Waals surface area contributed by atoms with Crippen LogP contribution in [0.2, 0.25) is 0 Å². The van der Waals surface area contributed by atoms with E-state index in [0.717, 1.165) is 5.56 Å². The van der Waals surface area contributed by atoms with E-state index in [9.17, 15) is 0 Å². The Kier molecular flexibility index (Phi) is 2.93. The van der Waals surface area contributed by atoms with Crippen molar-refractivity contribution in [2.75, 3.05) is 17.7 Å². The molecule has 0 unspecified atom stereocenters. The molecule has 0 aliphatic heterocycles. The number of hydrogen-bond acceptors (Lipinski definition) is 7. The van der Waals surface area contributed by atoms with E-state index in [4.69, 9.17) is 0 Å². The first-order valence-corrected chi connectivity index (χ1v) is 5.82. The SMILES string of the molecule is CNc1nc2nonc2nc1NCc1ccccc1. The summed E-state index contributed by atoms with van der Waals surface area (Å²) in [5, 5.41) is 13.5. The lowest BCUT2D eigenvalue weighted by Gasteiger charge is -2.09. The van der Waals surface area contributed by atoms with E-state index in [1.165, 1.54) is 0 Å². The summed E-state index contributed by atoms with van der Waals surface area (Å²) in [4.78, 5) is 8.58. The summed E-state index contributed by atoms with van der Waals surface area (Å²) >= 11 is 0. The highest BCUT2D eigenvalue weighted by atomic mass is 16.6. The lowest BCUT2D eigenvalue weighted by molar-refractivity contribution is 0.314. The van der Waals surface area contributed by atoms with Crippen molar-refractivity contribution in [1.82, 2.24) is 20.3 Å². The highest BCUT2D eigenvalue weighted by Gasteiger charge is 2.11. The Bertz CT molecular complexity index is 681. The van der Waals surface area contributed by atoms with Crippen LogP contribution in [0.5, 0.6) is 0 Å². The van der Waals surface area contributed by atoms with Gasteiger partial charge in [0.2, 0.25) is 11.3 Å². The Morgan fingerprint density at radius 1 is 1.00 bits per heavy atom. The number of fused-ring (bicyclic) bond motifs is 1. The van der Waals surface area contributed by atoms with Gasteiger partial charge in [-0.25, -0.2) is 14.6 Å². The zero-order valence-corrected chi connectivity index (χ0v) is 10.3. The van der Waals surface area contributed by atoms with E-state index in [2.05, 4.69) is 35.5 Å². The second kappa shape index (κ2) is 4.89. The van der Waals surface area contributed by atoms with Crippen LogP contribution in [0.1, 0.15) is 5.56 Å². The summed E-state index contributed by atoms with van der Waals surface area (Å²) in [6.45, 7) is 0.654. The molecule has 0 fully saturated rings. The molecule has 0 bridgehead atoms. The molecule has 0 saturated carbocycles. The number of nitrogens with one attached hydrogen (secondary N) is 2. The Morgan fingerprint density at radius 2 is 1.68 bits per heavy atom. The second-order valence-electron chi connectivity index (χ2n) is 3.92. The molecule has 0 aliphatic carbocycles. The predicted octanol–water partition coefficient (Wildman–Crippen LogP) is 1.67. The van der Waals surface area contributed by atoms with Crippen LogP contribution in [-0.4, -0.2) is 27.3 Å². The molecular weight excluding hydrogens is 244 g/mol. The average molecular weight is 256 g/mol. The molecule has 3 rings (SSSR count). The molecule has 0 aliphatic rings. The van der Waals surface area contributed by atoms with Crippen LogP contribution < -0.4 is 10.6 Å². The minimum absolute atomic E-state index is 0.384. The van der Waals surface area contributed by atoms with Gasteiger partial charge in [0, 0.05) is 13.6 Å². The topological polar surface area (TPSA) is 88.8 Å². The predicted molar refractivity (Wildman–Crippen MR) is 70.7 cm³/mol. The maximum Gasteiger partial charge on any atom is 0.245 e. The van der Waals surface area contributed by atoms with Crippen LogP contribution in [0.4, 0.5) is 11.6 Å². The van der Waals surface area contributed by atoms with Crippen LogP contribution in [0.3, 0.4) is 0 Å². The third-order valence-electron chi connectivity index (χ3n) is 2.65. The smallest absolute Gasteiger partial charge is 0.245 e. The molecule has 7 heteroatoms. The first-order valence-electron chi connectivity index (χ1n) is 5.82. The van der Waals surface area contributed by atoms with E-state index in [0.29, 0.717) is 29.5 Å². The maximum absolute atomic E-state index is 4.60. The van der Waals surface area contributed by atoms with Gasteiger partial charge in [0.15, 0.2) is 11.6 Å². The van der Waals surface area contributed by atoms with E-state index >= 15 is 0 Å². The molecule has 2 heterocycles. The van der Waals surface area contributed by atoms with Crippen LogP contribution >= 0.6 is 0 Å². The molecule has 2 N–H and O–H groups in total. The normalized spacial score (nSPS) is 10.6. The highest BCUT2D eigenvalue weighted by Crippen LogP contribution is 2.19. The zero-order chi connectivity index (χ0) is 13.1. The number of aromatic nitrogens is 4. The molecule has 3 aromatic rings. The number of anilines is 2. The van der Waals surface area contributed by atoms with Crippen LogP contribution in [0, 0.1) is 0 Å². The first-order chi connectivity index (χ1) is 9.36. The Hall–Kier alpha value is -2.70. The quantitative estimate of drug-likeness (QED) is 0.733. The Labute approximate surface area is 109 Å². The number of rotatable bonds is 4. The molecule has 1 aromatic carbocycles. The Balaban J connectivity index is 1.86. The van der Waals surface area contributed by atoms with Crippen molar-refractivity contribution < 1.29 is 4.63 Å². The summed E-state index contributed by atoms with van der Waals surface area (Å²) in [6, 6.07) is 10.0. The fraction of sp³-hybridized carbons (Fsp3) is 0.167. The molecule has 0 atom stereocenters. The Morgan fingerprint density at radius 3 is 2.37 bits per heavy atom. The van der Waals surface area contributed by atoms with Gasteiger partial charge in [-0.3, -0.25) is 0 Å². The van der Waals surface area contributed by atoms with Gasteiger partial charge in [0.1, 0.15) is 0 Å². The number of benzene rings is 1. The summed E-state index contributed by atoms with van der Waals surface area (Å²) in [5.41, 5.74) is 1.92. The van der Waals surface area contributed by atoms with Crippen molar-refractivity contribution in [3.63, 3.8) is 0 Å². The molecule has 7 nitrogen and oxygen atoms in total. The van der Waals surface area contributed by atoms with Crippen LogP contribution in [0.15, 0.2) is 35.0 Å². The van der Waals surface area contributed by atoms with E-state index < -0.39 is 0 Å². The number of nitrogens with zero attached hydrogens (tertiary/aromatic N) is 4. The van der Waals surface area contributed by atoms with Gasteiger partial charge in [-0.15, -0.1) is 0 Å². The number of hydrogen-bond donors (Lipinski definition) is 2. The van der Waals surface area contributed by atoms with Gasteiger partial charge < -0.3 is 10.6 Å². The van der Waals surface area contributed by atoms with Gasteiger partial charge >= 0.3 is 0 Å². The van der Waals surface area contributed by atoms with Gasteiger partial charge in [-0.1, -0.05) is 30.3 Å². The van der Waals surface area contributed by atoms with Gasteiger partial charge in [-0.2, -0.15) is 0 Å².